The highest BCUT2D eigenvalue weighted by Gasteiger charge is 2.18. The van der Waals surface area contributed by atoms with Crippen LogP contribution < -0.4 is 20.1 Å². The molecule has 0 bridgehead atoms. The van der Waals surface area contributed by atoms with Crippen molar-refractivity contribution in [3.63, 3.8) is 0 Å². The maximum atomic E-state index is 5.92. The fourth-order valence-electron chi connectivity index (χ4n) is 5.33. The Kier molecular flexibility index (Phi) is 7.51. The van der Waals surface area contributed by atoms with Crippen molar-refractivity contribution in [1.82, 2.24) is 10.6 Å². The molecule has 4 rings (SSSR count). The van der Waals surface area contributed by atoms with Gasteiger partial charge in [-0.25, -0.2) is 0 Å². The fraction of sp³-hybridized carbons (Fsp3) is 0.615. The molecule has 4 heteroatoms. The molecule has 4 nitrogen and oxygen atoms in total. The molecule has 0 spiro atoms. The third kappa shape index (κ3) is 4.92. The number of methoxy groups -OCH3 is 2. The fourth-order valence-corrected chi connectivity index (χ4v) is 5.33. The third-order valence-electron chi connectivity index (χ3n) is 7.08. The van der Waals surface area contributed by atoms with Crippen LogP contribution in [0.15, 0.2) is 24.3 Å². The van der Waals surface area contributed by atoms with Gasteiger partial charge in [-0.3, -0.25) is 0 Å². The highest BCUT2D eigenvalue weighted by Crippen LogP contribution is 2.36. The molecule has 0 heterocycles. The summed E-state index contributed by atoms with van der Waals surface area (Å²) in [7, 11) is 3.56. The highest BCUT2D eigenvalue weighted by atomic mass is 16.5. The van der Waals surface area contributed by atoms with E-state index in [1.54, 1.807) is 14.2 Å². The Bertz CT molecular complexity index is 823. The lowest BCUT2D eigenvalue weighted by Crippen LogP contribution is -2.30. The number of nitrogens with one attached hydrogen (secondary N) is 2. The van der Waals surface area contributed by atoms with Crippen LogP contribution in [-0.2, 0) is 13.1 Å². The highest BCUT2D eigenvalue weighted by molar-refractivity contribution is 5.93. The van der Waals surface area contributed by atoms with Crippen LogP contribution >= 0.6 is 0 Å². The average molecular weight is 411 g/mol. The van der Waals surface area contributed by atoms with Gasteiger partial charge in [0.15, 0.2) is 0 Å². The Labute approximate surface area is 181 Å². The molecule has 0 amide bonds. The first-order valence-corrected chi connectivity index (χ1v) is 11.9. The third-order valence-corrected chi connectivity index (χ3v) is 7.08. The second-order valence-electron chi connectivity index (χ2n) is 9.03. The van der Waals surface area contributed by atoms with Crippen molar-refractivity contribution in [1.29, 1.82) is 0 Å². The van der Waals surface area contributed by atoms with E-state index >= 15 is 0 Å². The van der Waals surface area contributed by atoms with E-state index in [1.165, 1.54) is 86.1 Å². The molecule has 30 heavy (non-hydrogen) atoms. The lowest BCUT2D eigenvalue weighted by Gasteiger charge is -2.25. The lowest BCUT2D eigenvalue weighted by molar-refractivity contribution is 0.365. The van der Waals surface area contributed by atoms with Crippen molar-refractivity contribution < 1.29 is 9.47 Å². The molecule has 2 aromatic rings. The molecular formula is C26H38N2O2. The number of hydrogen-bond donors (Lipinski definition) is 2. The summed E-state index contributed by atoms with van der Waals surface area (Å²) in [5.74, 6) is 1.96. The van der Waals surface area contributed by atoms with Gasteiger partial charge in [0, 0.05) is 41.7 Å². The molecule has 0 saturated heterocycles. The SMILES string of the molecule is COc1ccc2c(OC)c(CNC3CCCCC3)ccc2c1CNC1CCCCC1. The number of hydrogen-bond acceptors (Lipinski definition) is 4. The second-order valence-corrected chi connectivity index (χ2v) is 9.03. The summed E-state index contributed by atoms with van der Waals surface area (Å²) in [4.78, 5) is 0. The molecule has 2 aromatic carbocycles. The minimum Gasteiger partial charge on any atom is -0.496 e. The van der Waals surface area contributed by atoms with Crippen molar-refractivity contribution in [2.45, 2.75) is 89.4 Å². The van der Waals surface area contributed by atoms with Crippen LogP contribution in [0.3, 0.4) is 0 Å². The van der Waals surface area contributed by atoms with E-state index in [-0.39, 0.29) is 0 Å². The summed E-state index contributed by atoms with van der Waals surface area (Å²) >= 11 is 0. The molecule has 0 radical (unpaired) electrons. The molecule has 2 N–H and O–H groups in total. The van der Waals surface area contributed by atoms with Crippen LogP contribution in [0.2, 0.25) is 0 Å². The van der Waals surface area contributed by atoms with Crippen molar-refractivity contribution >= 4 is 10.8 Å². The van der Waals surface area contributed by atoms with Gasteiger partial charge in [0.05, 0.1) is 14.2 Å². The molecule has 2 saturated carbocycles. The number of rotatable bonds is 8. The Balaban J connectivity index is 1.57. The van der Waals surface area contributed by atoms with Crippen LogP contribution in [0.5, 0.6) is 11.5 Å². The number of ether oxygens (including phenoxy) is 2. The van der Waals surface area contributed by atoms with Crippen LogP contribution in [-0.4, -0.2) is 26.3 Å². The molecule has 164 valence electrons. The normalized spacial score (nSPS) is 18.6. The van der Waals surface area contributed by atoms with Crippen molar-refractivity contribution in [3.8, 4) is 11.5 Å². The minimum absolute atomic E-state index is 0.625. The van der Waals surface area contributed by atoms with Gasteiger partial charge in [-0.05, 0) is 43.2 Å². The van der Waals surface area contributed by atoms with Gasteiger partial charge in [-0.2, -0.15) is 0 Å². The van der Waals surface area contributed by atoms with Crippen molar-refractivity contribution in [3.05, 3.63) is 35.4 Å². The number of benzene rings is 2. The van der Waals surface area contributed by atoms with E-state index in [1.807, 2.05) is 0 Å². The van der Waals surface area contributed by atoms with Crippen LogP contribution in [0.25, 0.3) is 10.8 Å². The molecular weight excluding hydrogens is 372 g/mol. The van der Waals surface area contributed by atoms with Crippen LogP contribution in [0, 0.1) is 0 Å². The molecule has 0 unspecified atom stereocenters. The van der Waals surface area contributed by atoms with E-state index in [0.29, 0.717) is 12.1 Å². The molecule has 0 atom stereocenters. The topological polar surface area (TPSA) is 42.5 Å². The summed E-state index contributed by atoms with van der Waals surface area (Å²) in [6.07, 6.45) is 13.3. The standard InChI is InChI=1S/C26H38N2O2/c1-29-25-16-15-23-22(24(25)18-28-21-11-7-4-8-12-21)14-13-19(26(23)30-2)17-27-20-9-5-3-6-10-20/h13-16,20-21,27-28H,3-12,17-18H2,1-2H3. The summed E-state index contributed by atoms with van der Waals surface area (Å²) < 4.78 is 11.7. The Morgan fingerprint density at radius 1 is 0.700 bits per heavy atom. The largest absolute Gasteiger partial charge is 0.496 e. The summed E-state index contributed by atoms with van der Waals surface area (Å²) in [6.45, 7) is 1.71. The van der Waals surface area contributed by atoms with E-state index in [9.17, 15) is 0 Å². The Morgan fingerprint density at radius 2 is 1.30 bits per heavy atom. The zero-order valence-electron chi connectivity index (χ0n) is 18.8. The van der Waals surface area contributed by atoms with Gasteiger partial charge in [-0.1, -0.05) is 50.7 Å². The zero-order chi connectivity index (χ0) is 20.8. The average Bonchev–Trinajstić information content (AvgIpc) is 2.81. The van der Waals surface area contributed by atoms with Gasteiger partial charge in [0.1, 0.15) is 11.5 Å². The van der Waals surface area contributed by atoms with E-state index < -0.39 is 0 Å². The zero-order valence-corrected chi connectivity index (χ0v) is 18.8. The smallest absolute Gasteiger partial charge is 0.131 e. The first-order chi connectivity index (χ1) is 14.8. The van der Waals surface area contributed by atoms with Crippen molar-refractivity contribution in [2.75, 3.05) is 14.2 Å². The monoisotopic (exact) mass is 410 g/mol. The lowest BCUT2D eigenvalue weighted by atomic mass is 9.94. The van der Waals surface area contributed by atoms with E-state index in [4.69, 9.17) is 9.47 Å². The van der Waals surface area contributed by atoms with Gasteiger partial charge >= 0.3 is 0 Å². The number of fused-ring (bicyclic) bond motifs is 1. The first-order valence-electron chi connectivity index (χ1n) is 11.9. The summed E-state index contributed by atoms with van der Waals surface area (Å²) in [5.41, 5.74) is 2.48. The quantitative estimate of drug-likeness (QED) is 0.586. The van der Waals surface area contributed by atoms with Gasteiger partial charge in [0.2, 0.25) is 0 Å². The molecule has 2 aliphatic carbocycles. The van der Waals surface area contributed by atoms with Gasteiger partial charge < -0.3 is 20.1 Å². The summed E-state index contributed by atoms with van der Waals surface area (Å²) in [6, 6.07) is 10.0. The van der Waals surface area contributed by atoms with E-state index in [0.717, 1.165) is 24.6 Å². The summed E-state index contributed by atoms with van der Waals surface area (Å²) in [5, 5.41) is 9.97. The maximum absolute atomic E-state index is 5.92. The van der Waals surface area contributed by atoms with Gasteiger partial charge in [-0.15, -0.1) is 0 Å². The van der Waals surface area contributed by atoms with Crippen LogP contribution in [0.4, 0.5) is 0 Å². The molecule has 2 aliphatic rings. The Morgan fingerprint density at radius 3 is 1.90 bits per heavy atom. The predicted molar refractivity (Wildman–Crippen MR) is 124 cm³/mol. The molecule has 2 fully saturated rings. The van der Waals surface area contributed by atoms with Crippen LogP contribution in [0.1, 0.15) is 75.3 Å². The minimum atomic E-state index is 0.625. The maximum Gasteiger partial charge on any atom is 0.131 e. The Hall–Kier alpha value is -1.78. The second kappa shape index (κ2) is 10.5. The predicted octanol–water partition coefficient (Wildman–Crippen LogP) is 5.70. The first kappa shape index (κ1) is 21.5. The molecule has 0 aromatic heterocycles. The van der Waals surface area contributed by atoms with Gasteiger partial charge in [0.25, 0.3) is 0 Å². The van der Waals surface area contributed by atoms with E-state index in [2.05, 4.69) is 34.9 Å². The molecule has 0 aliphatic heterocycles. The van der Waals surface area contributed by atoms with Crippen molar-refractivity contribution in [2.24, 2.45) is 0 Å².